The highest BCUT2D eigenvalue weighted by molar-refractivity contribution is 5.82. The summed E-state index contributed by atoms with van der Waals surface area (Å²) in [6, 6.07) is 7.78. The summed E-state index contributed by atoms with van der Waals surface area (Å²) in [5.41, 5.74) is 2.13. The highest BCUT2D eigenvalue weighted by Gasteiger charge is 2.32. The van der Waals surface area contributed by atoms with Gasteiger partial charge in [0, 0.05) is 38.3 Å². The van der Waals surface area contributed by atoms with Gasteiger partial charge in [0.25, 0.3) is 0 Å². The predicted molar refractivity (Wildman–Crippen MR) is 98.7 cm³/mol. The predicted octanol–water partition coefficient (Wildman–Crippen LogP) is 0.412. The Kier molecular flexibility index (Phi) is 5.20. The monoisotopic (exact) mass is 371 g/mol. The van der Waals surface area contributed by atoms with Gasteiger partial charge in [0.1, 0.15) is 0 Å². The molecule has 2 unspecified atom stereocenters. The maximum Gasteiger partial charge on any atom is 0.241 e. The summed E-state index contributed by atoms with van der Waals surface area (Å²) in [6.07, 6.45) is 0.0866. The fourth-order valence-electron chi connectivity index (χ4n) is 3.58. The third kappa shape index (κ3) is 4.18. The van der Waals surface area contributed by atoms with Crippen LogP contribution in [0.15, 0.2) is 28.8 Å². The zero-order valence-electron chi connectivity index (χ0n) is 15.5. The van der Waals surface area contributed by atoms with Gasteiger partial charge >= 0.3 is 0 Å². The van der Waals surface area contributed by atoms with Crippen molar-refractivity contribution in [3.63, 3.8) is 0 Å². The summed E-state index contributed by atoms with van der Waals surface area (Å²) in [5, 5.41) is 16.7. The maximum absolute atomic E-state index is 12.5. The normalized spacial score (nSPS) is 23.7. The lowest BCUT2D eigenvalue weighted by Crippen LogP contribution is -2.52. The second-order valence-electron chi connectivity index (χ2n) is 7.33. The number of rotatable bonds is 4. The maximum atomic E-state index is 12.5. The van der Waals surface area contributed by atoms with E-state index in [-0.39, 0.29) is 11.9 Å². The average molecular weight is 371 g/mol. The second-order valence-corrected chi connectivity index (χ2v) is 7.33. The van der Waals surface area contributed by atoms with E-state index in [0.717, 1.165) is 18.7 Å². The molecule has 1 amide bonds. The number of piperazine rings is 1. The third-order valence-corrected chi connectivity index (χ3v) is 5.23. The minimum Gasteiger partial charge on any atom is -0.392 e. The molecule has 8 heteroatoms. The van der Waals surface area contributed by atoms with Gasteiger partial charge in [0.15, 0.2) is 0 Å². The van der Waals surface area contributed by atoms with Crippen LogP contribution in [0.2, 0.25) is 0 Å². The molecule has 2 aliphatic heterocycles. The standard InChI is InChI=1S/C19H25N5O3/c1-13-2-4-14(5-3-13)18-21-17(27-22-18)12-23-6-8-24(9-7-23)19(26)16-10-15(25)11-20-16/h2-5,15-16,20,25H,6-12H2,1H3. The number of benzene rings is 1. The van der Waals surface area contributed by atoms with Crippen LogP contribution in [0.5, 0.6) is 0 Å². The van der Waals surface area contributed by atoms with Crippen molar-refractivity contribution in [2.45, 2.75) is 32.0 Å². The smallest absolute Gasteiger partial charge is 0.241 e. The van der Waals surface area contributed by atoms with Crippen molar-refractivity contribution in [2.75, 3.05) is 32.7 Å². The van der Waals surface area contributed by atoms with Crippen LogP contribution in [0.25, 0.3) is 11.4 Å². The first-order valence-electron chi connectivity index (χ1n) is 9.41. The van der Waals surface area contributed by atoms with E-state index in [1.807, 2.05) is 36.1 Å². The SMILES string of the molecule is Cc1ccc(-c2noc(CN3CCN(C(=O)C4CC(O)CN4)CC3)n2)cc1. The lowest BCUT2D eigenvalue weighted by molar-refractivity contribution is -0.135. The Labute approximate surface area is 158 Å². The van der Waals surface area contributed by atoms with Crippen molar-refractivity contribution in [2.24, 2.45) is 0 Å². The van der Waals surface area contributed by atoms with Gasteiger partial charge in [0.05, 0.1) is 18.7 Å². The summed E-state index contributed by atoms with van der Waals surface area (Å²) in [6.45, 7) is 6.00. The zero-order valence-corrected chi connectivity index (χ0v) is 15.5. The molecule has 1 aromatic carbocycles. The van der Waals surface area contributed by atoms with Crippen LogP contribution in [0.3, 0.4) is 0 Å². The lowest BCUT2D eigenvalue weighted by Gasteiger charge is -2.35. The van der Waals surface area contributed by atoms with Gasteiger partial charge < -0.3 is 19.8 Å². The van der Waals surface area contributed by atoms with Gasteiger partial charge in [-0.25, -0.2) is 0 Å². The molecule has 1 aromatic heterocycles. The lowest BCUT2D eigenvalue weighted by atomic mass is 10.1. The molecule has 0 bridgehead atoms. The van der Waals surface area contributed by atoms with Gasteiger partial charge in [-0.3, -0.25) is 9.69 Å². The van der Waals surface area contributed by atoms with Crippen molar-refractivity contribution in [3.8, 4) is 11.4 Å². The molecule has 2 N–H and O–H groups in total. The number of nitrogens with one attached hydrogen (secondary N) is 1. The van der Waals surface area contributed by atoms with E-state index < -0.39 is 6.10 Å². The minimum absolute atomic E-state index is 0.0886. The molecule has 4 rings (SSSR count). The van der Waals surface area contributed by atoms with Crippen molar-refractivity contribution >= 4 is 5.91 Å². The molecule has 144 valence electrons. The Balaban J connectivity index is 1.29. The summed E-state index contributed by atoms with van der Waals surface area (Å²) in [4.78, 5) is 21.1. The summed E-state index contributed by atoms with van der Waals surface area (Å²) in [7, 11) is 0. The first-order valence-corrected chi connectivity index (χ1v) is 9.41. The van der Waals surface area contributed by atoms with Crippen LogP contribution < -0.4 is 5.32 Å². The largest absolute Gasteiger partial charge is 0.392 e. The fourth-order valence-corrected chi connectivity index (χ4v) is 3.58. The number of aromatic nitrogens is 2. The first kappa shape index (κ1) is 18.1. The Hall–Kier alpha value is -2.29. The molecule has 27 heavy (non-hydrogen) atoms. The van der Waals surface area contributed by atoms with Crippen LogP contribution in [0, 0.1) is 6.92 Å². The van der Waals surface area contributed by atoms with Crippen LogP contribution in [0.1, 0.15) is 17.9 Å². The molecule has 0 aliphatic carbocycles. The number of carbonyl (C=O) groups excluding carboxylic acids is 1. The molecule has 2 aliphatic rings. The fraction of sp³-hybridized carbons (Fsp3) is 0.526. The van der Waals surface area contributed by atoms with Gasteiger partial charge in [-0.1, -0.05) is 35.0 Å². The van der Waals surface area contributed by atoms with Crippen molar-refractivity contribution in [1.82, 2.24) is 25.3 Å². The molecule has 2 atom stereocenters. The minimum atomic E-state index is -0.416. The molecule has 2 saturated heterocycles. The highest BCUT2D eigenvalue weighted by Crippen LogP contribution is 2.18. The first-order chi connectivity index (χ1) is 13.1. The quantitative estimate of drug-likeness (QED) is 0.804. The van der Waals surface area contributed by atoms with Gasteiger partial charge in [-0.05, 0) is 13.3 Å². The van der Waals surface area contributed by atoms with Crippen molar-refractivity contribution in [1.29, 1.82) is 0 Å². The van der Waals surface area contributed by atoms with Gasteiger partial charge in [-0.15, -0.1) is 0 Å². The number of hydrogen-bond donors (Lipinski definition) is 2. The number of aliphatic hydroxyl groups excluding tert-OH is 1. The Bertz CT molecular complexity index is 783. The number of β-amino-alcohol motifs (C(OH)–C–C–N with tert-alkyl or cyclic N) is 1. The molecule has 3 heterocycles. The Morgan fingerprint density at radius 3 is 2.67 bits per heavy atom. The second kappa shape index (κ2) is 7.75. The van der Waals surface area contributed by atoms with Gasteiger partial charge in [0.2, 0.25) is 17.6 Å². The molecule has 8 nitrogen and oxygen atoms in total. The topological polar surface area (TPSA) is 94.7 Å². The molecular weight excluding hydrogens is 346 g/mol. The summed E-state index contributed by atoms with van der Waals surface area (Å²) in [5.74, 6) is 1.28. The summed E-state index contributed by atoms with van der Waals surface area (Å²) < 4.78 is 5.40. The van der Waals surface area contributed by atoms with Crippen LogP contribution in [0.4, 0.5) is 0 Å². The Morgan fingerprint density at radius 1 is 1.26 bits per heavy atom. The number of aliphatic hydroxyl groups is 1. The average Bonchev–Trinajstić information content (AvgIpc) is 3.32. The van der Waals surface area contributed by atoms with Crippen molar-refractivity contribution < 1.29 is 14.4 Å². The summed E-state index contributed by atoms with van der Waals surface area (Å²) >= 11 is 0. The van der Waals surface area contributed by atoms with Crippen molar-refractivity contribution in [3.05, 3.63) is 35.7 Å². The number of nitrogens with zero attached hydrogens (tertiary/aromatic N) is 4. The van der Waals surface area contributed by atoms with E-state index in [0.29, 0.717) is 44.3 Å². The van der Waals surface area contributed by atoms with E-state index in [1.54, 1.807) is 0 Å². The molecule has 0 radical (unpaired) electrons. The molecule has 2 aromatic rings. The van der Waals surface area contributed by atoms with Gasteiger partial charge in [-0.2, -0.15) is 4.98 Å². The van der Waals surface area contributed by atoms with E-state index in [2.05, 4.69) is 20.4 Å². The number of hydrogen-bond acceptors (Lipinski definition) is 7. The molecule has 0 spiro atoms. The van der Waals surface area contributed by atoms with Crippen LogP contribution in [-0.2, 0) is 11.3 Å². The third-order valence-electron chi connectivity index (χ3n) is 5.23. The van der Waals surface area contributed by atoms with Crippen LogP contribution >= 0.6 is 0 Å². The molecule has 2 fully saturated rings. The molecular formula is C19H25N5O3. The number of aryl methyl sites for hydroxylation is 1. The van der Waals surface area contributed by atoms with E-state index in [4.69, 9.17) is 4.52 Å². The molecule has 0 saturated carbocycles. The zero-order chi connectivity index (χ0) is 18.8. The van der Waals surface area contributed by atoms with Crippen LogP contribution in [-0.4, -0.2) is 75.8 Å². The van der Waals surface area contributed by atoms with E-state index >= 15 is 0 Å². The Morgan fingerprint density at radius 2 is 2.00 bits per heavy atom. The highest BCUT2D eigenvalue weighted by atomic mass is 16.5. The van der Waals surface area contributed by atoms with E-state index in [1.165, 1.54) is 5.56 Å². The number of carbonyl (C=O) groups is 1. The number of amides is 1. The van der Waals surface area contributed by atoms with E-state index in [9.17, 15) is 9.90 Å².